The molecule has 1 saturated carbocycles. The number of aromatic nitrogens is 3. The van der Waals surface area contributed by atoms with Gasteiger partial charge in [-0.1, -0.05) is 44.0 Å². The predicted octanol–water partition coefficient (Wildman–Crippen LogP) is 6.53. The van der Waals surface area contributed by atoms with Gasteiger partial charge < -0.3 is 5.11 Å². The molecule has 0 radical (unpaired) electrons. The molecule has 2 heterocycles. The molecule has 1 N–H and O–H groups in total. The summed E-state index contributed by atoms with van der Waals surface area (Å²) >= 11 is 0. The maximum Gasteiger partial charge on any atom is 0.280 e. The van der Waals surface area contributed by atoms with Crippen molar-refractivity contribution in [3.05, 3.63) is 111 Å². The average molecular weight is 516 g/mol. The second kappa shape index (κ2) is 10.9. The van der Waals surface area contributed by atoms with Crippen LogP contribution in [0.2, 0.25) is 0 Å². The molecule has 7 heteroatoms. The van der Waals surface area contributed by atoms with E-state index in [1.165, 1.54) is 12.1 Å². The maximum atomic E-state index is 14.1. The first kappa shape index (κ1) is 25.8. The Balaban J connectivity index is 1.53. The zero-order valence-electron chi connectivity index (χ0n) is 21.6. The number of pyridine rings is 1. The van der Waals surface area contributed by atoms with Crippen molar-refractivity contribution < 1.29 is 13.9 Å². The smallest absolute Gasteiger partial charge is 0.280 e. The van der Waals surface area contributed by atoms with Gasteiger partial charge in [0, 0.05) is 31.3 Å². The molecule has 0 bridgehead atoms. The van der Waals surface area contributed by atoms with E-state index in [2.05, 4.69) is 9.97 Å². The van der Waals surface area contributed by atoms with Gasteiger partial charge in [0.1, 0.15) is 17.5 Å². The summed E-state index contributed by atoms with van der Waals surface area (Å²) in [6.45, 7) is 3.89. The van der Waals surface area contributed by atoms with Crippen molar-refractivity contribution in [1.82, 2.24) is 14.5 Å². The number of aryl methyl sites for hydroxylation is 2. The summed E-state index contributed by atoms with van der Waals surface area (Å²) < 4.78 is 29.9. The number of hydrogen-bond donors (Lipinski definition) is 1. The summed E-state index contributed by atoms with van der Waals surface area (Å²) in [4.78, 5) is 21.7. The fourth-order valence-electron chi connectivity index (χ4n) is 5.14. The predicted molar refractivity (Wildman–Crippen MR) is 143 cm³/mol. The molecule has 1 unspecified atom stereocenters. The van der Waals surface area contributed by atoms with Crippen molar-refractivity contribution in [2.24, 2.45) is 5.92 Å². The van der Waals surface area contributed by atoms with E-state index in [0.29, 0.717) is 30.1 Å². The number of halogens is 2. The first-order valence-corrected chi connectivity index (χ1v) is 13.1. The topological polar surface area (TPSA) is 68.0 Å². The summed E-state index contributed by atoms with van der Waals surface area (Å²) in [6, 6.07) is 12.6. The van der Waals surface area contributed by atoms with Crippen molar-refractivity contribution >= 4 is 0 Å². The van der Waals surface area contributed by atoms with Crippen LogP contribution in [0.3, 0.4) is 0 Å². The van der Waals surface area contributed by atoms with Crippen LogP contribution in [-0.2, 0) is 12.8 Å². The lowest BCUT2D eigenvalue weighted by molar-refractivity contribution is 0.367. The Kier molecular flexibility index (Phi) is 7.36. The quantitative estimate of drug-likeness (QED) is 0.275. The molecule has 0 amide bonds. The van der Waals surface area contributed by atoms with Gasteiger partial charge in [-0.2, -0.15) is 4.98 Å². The Morgan fingerprint density at radius 2 is 1.79 bits per heavy atom. The van der Waals surface area contributed by atoms with E-state index in [1.807, 2.05) is 50.4 Å². The van der Waals surface area contributed by atoms with Crippen molar-refractivity contribution in [1.29, 1.82) is 0 Å². The van der Waals surface area contributed by atoms with Crippen molar-refractivity contribution in [3.8, 4) is 17.0 Å². The fraction of sp³-hybridized carbons (Fsp3) is 0.323. The van der Waals surface area contributed by atoms with Crippen LogP contribution in [0.5, 0.6) is 5.88 Å². The second-order valence-electron chi connectivity index (χ2n) is 10.2. The zero-order chi connectivity index (χ0) is 26.8. The van der Waals surface area contributed by atoms with E-state index in [4.69, 9.17) is 0 Å². The first-order chi connectivity index (χ1) is 18.3. The molecule has 2 aromatic heterocycles. The number of benzene rings is 2. The summed E-state index contributed by atoms with van der Waals surface area (Å²) in [5, 5.41) is 11.5. The highest BCUT2D eigenvalue weighted by Crippen LogP contribution is 2.36. The minimum atomic E-state index is -0.684. The van der Waals surface area contributed by atoms with Crippen LogP contribution in [-0.4, -0.2) is 19.6 Å². The van der Waals surface area contributed by atoms with Crippen LogP contribution in [0.1, 0.15) is 66.7 Å². The van der Waals surface area contributed by atoms with Crippen LogP contribution in [0.4, 0.5) is 8.78 Å². The van der Waals surface area contributed by atoms with Gasteiger partial charge in [-0.15, -0.1) is 0 Å². The lowest BCUT2D eigenvalue weighted by Gasteiger charge is -2.25. The molecule has 5 nitrogen and oxygen atoms in total. The summed E-state index contributed by atoms with van der Waals surface area (Å²) in [5.41, 5.74) is 4.10. The Morgan fingerprint density at radius 1 is 1.08 bits per heavy atom. The van der Waals surface area contributed by atoms with E-state index in [9.17, 15) is 18.7 Å². The number of aromatic hydroxyl groups is 1. The van der Waals surface area contributed by atoms with E-state index < -0.39 is 23.2 Å². The Bertz CT molecular complexity index is 1490. The third-order valence-corrected chi connectivity index (χ3v) is 7.37. The van der Waals surface area contributed by atoms with E-state index >= 15 is 0 Å². The standard InChI is InChI=1S/C31H31F2N3O2/c1-3-28(23-15-24(32)17-25(33)16-23)36-29(11-8-20-4-5-20)35-30(37)27(31(36)38)14-21-6-9-22(10-7-21)26-12-13-34-18-19(26)2/h6-7,9-10,12-13,15-18,20,28,38H,3-5,8,11,14H2,1-2H3. The molecule has 5 rings (SSSR count). The summed E-state index contributed by atoms with van der Waals surface area (Å²) in [7, 11) is 0. The second-order valence-corrected chi connectivity index (χ2v) is 10.2. The minimum Gasteiger partial charge on any atom is -0.494 e. The van der Waals surface area contributed by atoms with Gasteiger partial charge in [-0.3, -0.25) is 14.3 Å². The third-order valence-electron chi connectivity index (χ3n) is 7.37. The van der Waals surface area contributed by atoms with Gasteiger partial charge in [0.05, 0.1) is 11.6 Å². The van der Waals surface area contributed by atoms with Crippen LogP contribution < -0.4 is 5.56 Å². The van der Waals surface area contributed by atoms with Crippen molar-refractivity contribution in [2.45, 2.75) is 58.4 Å². The first-order valence-electron chi connectivity index (χ1n) is 13.1. The summed E-state index contributed by atoms with van der Waals surface area (Å²) in [6.07, 6.45) is 7.87. The van der Waals surface area contributed by atoms with E-state index in [0.717, 1.165) is 47.6 Å². The fourth-order valence-corrected chi connectivity index (χ4v) is 5.14. The van der Waals surface area contributed by atoms with Gasteiger partial charge in [0.2, 0.25) is 5.88 Å². The van der Waals surface area contributed by atoms with Crippen molar-refractivity contribution in [2.75, 3.05) is 0 Å². The van der Waals surface area contributed by atoms with E-state index in [-0.39, 0.29) is 17.9 Å². The number of rotatable bonds is 9. The molecule has 2 aromatic carbocycles. The molecule has 4 aromatic rings. The molecule has 38 heavy (non-hydrogen) atoms. The van der Waals surface area contributed by atoms with Crippen molar-refractivity contribution in [3.63, 3.8) is 0 Å². The van der Waals surface area contributed by atoms with Gasteiger partial charge >= 0.3 is 0 Å². The molecule has 1 aliphatic carbocycles. The molecule has 1 aliphatic rings. The Labute approximate surface area is 220 Å². The molecular weight excluding hydrogens is 484 g/mol. The highest BCUT2D eigenvalue weighted by atomic mass is 19.1. The largest absolute Gasteiger partial charge is 0.494 e. The monoisotopic (exact) mass is 515 g/mol. The normalized spacial score (nSPS) is 14.0. The molecule has 0 spiro atoms. The molecular formula is C31H31F2N3O2. The zero-order valence-corrected chi connectivity index (χ0v) is 21.6. The molecule has 0 aliphatic heterocycles. The van der Waals surface area contributed by atoms with Gasteiger partial charge in [-0.05, 0) is 71.7 Å². The van der Waals surface area contributed by atoms with Crippen LogP contribution in [0.25, 0.3) is 11.1 Å². The molecule has 1 fully saturated rings. The van der Waals surface area contributed by atoms with E-state index in [1.54, 1.807) is 10.8 Å². The molecule has 1 atom stereocenters. The van der Waals surface area contributed by atoms with Crippen LogP contribution in [0.15, 0.2) is 65.7 Å². The number of hydrogen-bond acceptors (Lipinski definition) is 4. The highest BCUT2D eigenvalue weighted by molar-refractivity contribution is 5.66. The lowest BCUT2D eigenvalue weighted by Crippen LogP contribution is -2.26. The minimum absolute atomic E-state index is 0.170. The third kappa shape index (κ3) is 5.52. The lowest BCUT2D eigenvalue weighted by atomic mass is 9.98. The van der Waals surface area contributed by atoms with Gasteiger partial charge in [-0.25, -0.2) is 8.78 Å². The van der Waals surface area contributed by atoms with Gasteiger partial charge in [0.15, 0.2) is 0 Å². The van der Waals surface area contributed by atoms with Crippen LogP contribution >= 0.6 is 0 Å². The highest BCUT2D eigenvalue weighted by Gasteiger charge is 2.27. The average Bonchev–Trinajstić information content (AvgIpc) is 3.72. The maximum absolute atomic E-state index is 14.1. The Morgan fingerprint density at radius 3 is 2.42 bits per heavy atom. The summed E-state index contributed by atoms with van der Waals surface area (Å²) in [5.74, 6) is -0.520. The number of nitrogens with zero attached hydrogens (tertiary/aromatic N) is 3. The SMILES string of the molecule is CCC(c1cc(F)cc(F)c1)n1c(CCC2CC2)nc(=O)c(Cc2ccc(-c3ccncc3C)cc2)c1O. The molecule has 0 saturated heterocycles. The van der Waals surface area contributed by atoms with Crippen LogP contribution in [0, 0.1) is 24.5 Å². The Hall–Kier alpha value is -3.87. The molecule has 196 valence electrons. The van der Waals surface area contributed by atoms with Gasteiger partial charge in [0.25, 0.3) is 5.56 Å².